The average molecular weight is 398 g/mol. The summed E-state index contributed by atoms with van der Waals surface area (Å²) in [5, 5.41) is 3.62. The van der Waals surface area contributed by atoms with Gasteiger partial charge in [0.1, 0.15) is 0 Å². The molecule has 0 saturated carbocycles. The Morgan fingerprint density at radius 2 is 2.00 bits per heavy atom. The van der Waals surface area contributed by atoms with Gasteiger partial charge in [-0.1, -0.05) is 35.0 Å². The first-order chi connectivity index (χ1) is 9.69. The van der Waals surface area contributed by atoms with Gasteiger partial charge in [0.25, 0.3) is 0 Å². The lowest BCUT2D eigenvalue weighted by atomic mass is 10.00. The van der Waals surface area contributed by atoms with Crippen LogP contribution >= 0.6 is 31.9 Å². The minimum Gasteiger partial charge on any atom is -0.310 e. The zero-order chi connectivity index (χ0) is 14.4. The summed E-state index contributed by atoms with van der Waals surface area (Å²) in [4.78, 5) is 4.24. The van der Waals surface area contributed by atoms with Crippen molar-refractivity contribution in [3.63, 3.8) is 0 Å². The van der Waals surface area contributed by atoms with Crippen molar-refractivity contribution in [2.24, 2.45) is 0 Å². The SMILES string of the molecule is CCCNC(Cc1cncc(Br)c1)c1cccc(Br)c1. The Morgan fingerprint density at radius 3 is 2.70 bits per heavy atom. The fourth-order valence-corrected chi connectivity index (χ4v) is 2.98. The molecule has 4 heteroatoms. The molecule has 0 spiro atoms. The van der Waals surface area contributed by atoms with Crippen LogP contribution in [0, 0.1) is 0 Å². The highest BCUT2D eigenvalue weighted by Gasteiger charge is 2.12. The second kappa shape index (κ2) is 7.91. The Balaban J connectivity index is 2.19. The van der Waals surface area contributed by atoms with Crippen LogP contribution < -0.4 is 5.32 Å². The molecule has 106 valence electrons. The van der Waals surface area contributed by atoms with Crippen molar-refractivity contribution in [2.45, 2.75) is 25.8 Å². The smallest absolute Gasteiger partial charge is 0.0410 e. The molecule has 20 heavy (non-hydrogen) atoms. The summed E-state index contributed by atoms with van der Waals surface area (Å²) in [5.74, 6) is 0. The Morgan fingerprint density at radius 1 is 1.15 bits per heavy atom. The van der Waals surface area contributed by atoms with E-state index in [2.05, 4.69) is 79.4 Å². The maximum Gasteiger partial charge on any atom is 0.0410 e. The van der Waals surface area contributed by atoms with Gasteiger partial charge in [-0.2, -0.15) is 0 Å². The molecule has 1 aromatic carbocycles. The third-order valence-electron chi connectivity index (χ3n) is 3.09. The van der Waals surface area contributed by atoms with Gasteiger partial charge in [0.15, 0.2) is 0 Å². The molecule has 0 aliphatic rings. The summed E-state index contributed by atoms with van der Waals surface area (Å²) < 4.78 is 2.14. The van der Waals surface area contributed by atoms with Crippen LogP contribution in [0.25, 0.3) is 0 Å². The number of hydrogen-bond acceptors (Lipinski definition) is 2. The predicted octanol–water partition coefficient (Wildman–Crippen LogP) is 4.89. The highest BCUT2D eigenvalue weighted by atomic mass is 79.9. The molecule has 1 unspecified atom stereocenters. The number of hydrogen-bond donors (Lipinski definition) is 1. The zero-order valence-electron chi connectivity index (χ0n) is 11.4. The van der Waals surface area contributed by atoms with Crippen LogP contribution in [0.5, 0.6) is 0 Å². The first-order valence-corrected chi connectivity index (χ1v) is 8.36. The molecule has 0 radical (unpaired) electrons. The van der Waals surface area contributed by atoms with E-state index in [4.69, 9.17) is 0 Å². The molecule has 2 rings (SSSR count). The molecule has 1 heterocycles. The van der Waals surface area contributed by atoms with E-state index in [0.717, 1.165) is 28.3 Å². The number of aromatic nitrogens is 1. The summed E-state index contributed by atoms with van der Waals surface area (Å²) >= 11 is 7.03. The third kappa shape index (κ3) is 4.69. The van der Waals surface area contributed by atoms with Crippen molar-refractivity contribution in [1.82, 2.24) is 10.3 Å². The molecule has 0 fully saturated rings. The lowest BCUT2D eigenvalue weighted by Gasteiger charge is -2.19. The number of halogens is 2. The Kier molecular flexibility index (Phi) is 6.20. The van der Waals surface area contributed by atoms with E-state index in [1.807, 2.05) is 12.4 Å². The van der Waals surface area contributed by atoms with Crippen molar-refractivity contribution in [3.8, 4) is 0 Å². The van der Waals surface area contributed by atoms with Gasteiger partial charge in [-0.25, -0.2) is 0 Å². The Hall–Kier alpha value is -0.710. The first-order valence-electron chi connectivity index (χ1n) is 6.77. The van der Waals surface area contributed by atoms with Crippen molar-refractivity contribution in [3.05, 3.63) is 62.8 Å². The number of pyridine rings is 1. The second-order valence-electron chi connectivity index (χ2n) is 4.78. The molecule has 1 aromatic heterocycles. The first kappa shape index (κ1) is 15.7. The summed E-state index contributed by atoms with van der Waals surface area (Å²) in [5.41, 5.74) is 2.53. The lowest BCUT2D eigenvalue weighted by Crippen LogP contribution is -2.24. The molecule has 1 N–H and O–H groups in total. The molecule has 2 nitrogen and oxygen atoms in total. The maximum absolute atomic E-state index is 4.24. The molecule has 2 aromatic rings. The van der Waals surface area contributed by atoms with E-state index in [1.54, 1.807) is 0 Å². The van der Waals surface area contributed by atoms with E-state index in [0.29, 0.717) is 6.04 Å². The third-order valence-corrected chi connectivity index (χ3v) is 4.02. The standard InChI is InChI=1S/C16H18Br2N2/c1-2-6-20-16(13-4-3-5-14(17)9-13)8-12-7-15(18)11-19-10-12/h3-5,7,9-11,16,20H,2,6,8H2,1H3. The van der Waals surface area contributed by atoms with E-state index in [-0.39, 0.29) is 0 Å². The van der Waals surface area contributed by atoms with Gasteiger partial charge in [-0.3, -0.25) is 4.98 Å². The van der Waals surface area contributed by atoms with E-state index in [9.17, 15) is 0 Å². The average Bonchev–Trinajstić information content (AvgIpc) is 2.43. The Bertz CT molecular complexity index is 558. The fraction of sp³-hybridized carbons (Fsp3) is 0.312. The van der Waals surface area contributed by atoms with Crippen LogP contribution in [0.2, 0.25) is 0 Å². The molecular formula is C16H18Br2N2. The topological polar surface area (TPSA) is 24.9 Å². The van der Waals surface area contributed by atoms with Crippen LogP contribution in [0.15, 0.2) is 51.7 Å². The summed E-state index contributed by atoms with van der Waals surface area (Å²) in [6, 6.07) is 10.9. The van der Waals surface area contributed by atoms with Crippen molar-refractivity contribution in [1.29, 1.82) is 0 Å². The van der Waals surface area contributed by atoms with Gasteiger partial charge in [0.2, 0.25) is 0 Å². The van der Waals surface area contributed by atoms with Crippen LogP contribution in [0.3, 0.4) is 0 Å². The Labute approximate surface area is 137 Å². The summed E-state index contributed by atoms with van der Waals surface area (Å²) in [6.07, 6.45) is 5.81. The molecule has 0 aliphatic heterocycles. The summed E-state index contributed by atoms with van der Waals surface area (Å²) in [7, 11) is 0. The molecule has 0 aliphatic carbocycles. The number of benzene rings is 1. The molecule has 0 amide bonds. The zero-order valence-corrected chi connectivity index (χ0v) is 14.6. The highest BCUT2D eigenvalue weighted by molar-refractivity contribution is 9.10. The van der Waals surface area contributed by atoms with Crippen LogP contribution in [-0.4, -0.2) is 11.5 Å². The minimum atomic E-state index is 0.309. The molecule has 0 bridgehead atoms. The summed E-state index contributed by atoms with van der Waals surface area (Å²) in [6.45, 7) is 3.20. The van der Waals surface area contributed by atoms with Gasteiger partial charge in [0.05, 0.1) is 0 Å². The van der Waals surface area contributed by atoms with E-state index >= 15 is 0 Å². The van der Waals surface area contributed by atoms with Crippen molar-refractivity contribution in [2.75, 3.05) is 6.54 Å². The normalized spacial score (nSPS) is 12.3. The van der Waals surface area contributed by atoms with Gasteiger partial charge in [-0.15, -0.1) is 0 Å². The van der Waals surface area contributed by atoms with E-state index < -0.39 is 0 Å². The lowest BCUT2D eigenvalue weighted by molar-refractivity contribution is 0.528. The fourth-order valence-electron chi connectivity index (χ4n) is 2.15. The van der Waals surface area contributed by atoms with Crippen LogP contribution in [0.1, 0.15) is 30.5 Å². The molecule has 1 atom stereocenters. The van der Waals surface area contributed by atoms with Gasteiger partial charge < -0.3 is 5.32 Å². The molecular weight excluding hydrogens is 380 g/mol. The number of rotatable bonds is 6. The monoisotopic (exact) mass is 396 g/mol. The maximum atomic E-state index is 4.24. The van der Waals surface area contributed by atoms with Crippen molar-refractivity contribution < 1.29 is 0 Å². The van der Waals surface area contributed by atoms with Crippen LogP contribution in [0.4, 0.5) is 0 Å². The van der Waals surface area contributed by atoms with Gasteiger partial charge in [0, 0.05) is 27.4 Å². The molecule has 0 saturated heterocycles. The second-order valence-corrected chi connectivity index (χ2v) is 6.61. The van der Waals surface area contributed by atoms with Gasteiger partial charge >= 0.3 is 0 Å². The minimum absolute atomic E-state index is 0.309. The highest BCUT2D eigenvalue weighted by Crippen LogP contribution is 2.22. The van der Waals surface area contributed by atoms with Gasteiger partial charge in [-0.05, 0) is 64.6 Å². The largest absolute Gasteiger partial charge is 0.310 e. The number of nitrogens with zero attached hydrogens (tertiary/aromatic N) is 1. The van der Waals surface area contributed by atoms with Crippen molar-refractivity contribution >= 4 is 31.9 Å². The van der Waals surface area contributed by atoms with Crippen LogP contribution in [-0.2, 0) is 6.42 Å². The number of nitrogens with one attached hydrogen (secondary N) is 1. The van der Waals surface area contributed by atoms with E-state index in [1.165, 1.54) is 11.1 Å². The predicted molar refractivity (Wildman–Crippen MR) is 90.8 cm³/mol. The quantitative estimate of drug-likeness (QED) is 0.750.